The molecule has 5 heteroatoms. The number of pyridine rings is 1. The van der Waals surface area contributed by atoms with Crippen LogP contribution in [0.25, 0.3) is 0 Å². The van der Waals surface area contributed by atoms with Gasteiger partial charge in [0.1, 0.15) is 0 Å². The number of halogens is 1. The normalized spacial score (nSPS) is 21.4. The van der Waals surface area contributed by atoms with E-state index < -0.39 is 10.8 Å². The fourth-order valence-corrected chi connectivity index (χ4v) is 3.25. The van der Waals surface area contributed by atoms with E-state index in [2.05, 4.69) is 10.3 Å². The van der Waals surface area contributed by atoms with Crippen LogP contribution < -0.4 is 5.32 Å². The Hall–Kier alpha value is -0.450. The van der Waals surface area contributed by atoms with E-state index in [1.807, 2.05) is 12.1 Å². The third-order valence-corrected chi connectivity index (χ3v) is 4.03. The van der Waals surface area contributed by atoms with Gasteiger partial charge in [-0.1, -0.05) is 6.07 Å². The molecule has 1 saturated heterocycles. The van der Waals surface area contributed by atoms with Crippen molar-refractivity contribution >= 4 is 23.2 Å². The van der Waals surface area contributed by atoms with Crippen molar-refractivity contribution in [3.8, 4) is 0 Å². The first-order chi connectivity index (χ1) is 7.34. The van der Waals surface area contributed by atoms with E-state index in [4.69, 9.17) is 0 Å². The van der Waals surface area contributed by atoms with Crippen molar-refractivity contribution < 1.29 is 4.21 Å². The lowest BCUT2D eigenvalue weighted by molar-refractivity contribution is 0.643. The minimum atomic E-state index is -0.763. The average Bonchev–Trinajstić information content (AvgIpc) is 2.71. The summed E-state index contributed by atoms with van der Waals surface area (Å²) in [5.41, 5.74) is 1.06. The zero-order chi connectivity index (χ0) is 10.5. The Bertz CT molecular complexity index is 328. The highest BCUT2D eigenvalue weighted by Crippen LogP contribution is 2.08. The fraction of sp³-hybridized carbons (Fsp3) is 0.545. The van der Waals surface area contributed by atoms with Gasteiger partial charge in [-0.25, -0.2) is 0 Å². The Balaban J connectivity index is 0.00000128. The molecule has 0 radical (unpaired) electrons. The lowest BCUT2D eigenvalue weighted by Crippen LogP contribution is -2.27. The first-order valence-corrected chi connectivity index (χ1v) is 6.80. The third kappa shape index (κ3) is 4.20. The highest BCUT2D eigenvalue weighted by molar-refractivity contribution is 7.84. The summed E-state index contributed by atoms with van der Waals surface area (Å²) in [5, 5.41) is 3.36. The van der Waals surface area contributed by atoms with E-state index in [0.717, 1.165) is 17.9 Å². The maximum absolute atomic E-state index is 11.8. The van der Waals surface area contributed by atoms with Crippen LogP contribution in [0.4, 0.5) is 0 Å². The molecule has 2 atom stereocenters. The zero-order valence-corrected chi connectivity index (χ0v) is 10.7. The Labute approximate surface area is 105 Å². The second-order valence-electron chi connectivity index (χ2n) is 3.91. The Morgan fingerprint density at radius 3 is 3.06 bits per heavy atom. The summed E-state index contributed by atoms with van der Waals surface area (Å²) in [6.45, 7) is 1.08. The fourth-order valence-electron chi connectivity index (χ4n) is 1.85. The molecule has 0 aliphatic carbocycles. The van der Waals surface area contributed by atoms with Gasteiger partial charge in [-0.15, -0.1) is 12.4 Å². The summed E-state index contributed by atoms with van der Waals surface area (Å²) < 4.78 is 11.8. The van der Waals surface area contributed by atoms with Gasteiger partial charge in [-0.05, 0) is 31.0 Å². The Kier molecular flexibility index (Phi) is 5.95. The largest absolute Gasteiger partial charge is 0.313 e. The molecule has 2 unspecified atom stereocenters. The summed E-state index contributed by atoms with van der Waals surface area (Å²) in [4.78, 5) is 4.02. The minimum absolute atomic E-state index is 0. The van der Waals surface area contributed by atoms with E-state index in [0.29, 0.717) is 11.8 Å². The monoisotopic (exact) mass is 260 g/mol. The molecule has 0 aromatic carbocycles. The van der Waals surface area contributed by atoms with Gasteiger partial charge in [0, 0.05) is 35.0 Å². The second-order valence-corrected chi connectivity index (χ2v) is 5.41. The Morgan fingerprint density at radius 2 is 2.44 bits per heavy atom. The number of rotatable bonds is 4. The number of nitrogens with zero attached hydrogens (tertiary/aromatic N) is 1. The van der Waals surface area contributed by atoms with Crippen LogP contribution >= 0.6 is 12.4 Å². The maximum Gasteiger partial charge on any atom is 0.0501 e. The van der Waals surface area contributed by atoms with Crippen LogP contribution in [0.5, 0.6) is 0 Å². The highest BCUT2D eigenvalue weighted by Gasteiger charge is 2.16. The molecule has 1 aliphatic heterocycles. The minimum Gasteiger partial charge on any atom is -0.313 e. The molecule has 0 saturated carbocycles. The molecular weight excluding hydrogens is 244 g/mol. The predicted octanol–water partition coefficient (Wildman–Crippen LogP) is 1.50. The van der Waals surface area contributed by atoms with Gasteiger partial charge in [0.2, 0.25) is 0 Å². The standard InChI is InChI=1S/C11H16N2OS.ClH/c14-15(9-11-4-2-6-13-11)8-10-3-1-5-12-7-10;/h1,3,5,7,11,13H,2,4,6,8-9H2;1H. The Morgan fingerprint density at radius 1 is 1.56 bits per heavy atom. The lowest BCUT2D eigenvalue weighted by Gasteiger charge is -2.09. The van der Waals surface area contributed by atoms with Gasteiger partial charge in [0.05, 0.1) is 5.75 Å². The molecule has 1 aliphatic rings. The zero-order valence-electron chi connectivity index (χ0n) is 9.09. The molecule has 0 amide bonds. The highest BCUT2D eigenvalue weighted by atomic mass is 35.5. The van der Waals surface area contributed by atoms with Crippen molar-refractivity contribution in [2.75, 3.05) is 12.3 Å². The molecule has 2 heterocycles. The molecule has 90 valence electrons. The number of aromatic nitrogens is 1. The van der Waals surface area contributed by atoms with Gasteiger partial charge in [-0.3, -0.25) is 9.19 Å². The summed E-state index contributed by atoms with van der Waals surface area (Å²) >= 11 is 0. The molecule has 1 aromatic rings. The summed E-state index contributed by atoms with van der Waals surface area (Å²) in [6.07, 6.45) is 5.92. The van der Waals surface area contributed by atoms with Gasteiger partial charge in [0.15, 0.2) is 0 Å². The van der Waals surface area contributed by atoms with Crippen LogP contribution in [0.1, 0.15) is 18.4 Å². The topological polar surface area (TPSA) is 42.0 Å². The maximum atomic E-state index is 11.8. The van der Waals surface area contributed by atoms with E-state index >= 15 is 0 Å². The van der Waals surface area contributed by atoms with Crippen LogP contribution in [0.2, 0.25) is 0 Å². The van der Waals surface area contributed by atoms with Crippen LogP contribution in [0.15, 0.2) is 24.5 Å². The summed E-state index contributed by atoms with van der Waals surface area (Å²) in [5.74, 6) is 1.40. The van der Waals surface area contributed by atoms with Crippen LogP contribution in [-0.2, 0) is 16.6 Å². The molecule has 3 nitrogen and oxygen atoms in total. The van der Waals surface area contributed by atoms with E-state index in [9.17, 15) is 4.21 Å². The lowest BCUT2D eigenvalue weighted by atomic mass is 10.3. The quantitative estimate of drug-likeness (QED) is 0.892. The third-order valence-electron chi connectivity index (χ3n) is 2.60. The molecule has 2 rings (SSSR count). The van der Waals surface area contributed by atoms with Crippen molar-refractivity contribution in [2.24, 2.45) is 0 Å². The summed E-state index contributed by atoms with van der Waals surface area (Å²) in [6, 6.07) is 4.33. The van der Waals surface area contributed by atoms with Gasteiger partial charge in [0.25, 0.3) is 0 Å². The van der Waals surface area contributed by atoms with Crippen molar-refractivity contribution in [3.05, 3.63) is 30.1 Å². The number of nitrogens with one attached hydrogen (secondary N) is 1. The molecule has 16 heavy (non-hydrogen) atoms. The first-order valence-electron chi connectivity index (χ1n) is 5.32. The van der Waals surface area contributed by atoms with Gasteiger partial charge < -0.3 is 5.32 Å². The molecule has 1 aromatic heterocycles. The molecule has 1 fully saturated rings. The smallest absolute Gasteiger partial charge is 0.0501 e. The van der Waals surface area contributed by atoms with Crippen LogP contribution in [0, 0.1) is 0 Å². The average molecular weight is 261 g/mol. The van der Waals surface area contributed by atoms with Crippen LogP contribution in [-0.4, -0.2) is 27.5 Å². The second kappa shape index (κ2) is 6.99. The van der Waals surface area contributed by atoms with Crippen molar-refractivity contribution in [2.45, 2.75) is 24.6 Å². The van der Waals surface area contributed by atoms with E-state index in [1.165, 1.54) is 12.8 Å². The van der Waals surface area contributed by atoms with Crippen molar-refractivity contribution in [3.63, 3.8) is 0 Å². The molecule has 0 spiro atoms. The van der Waals surface area contributed by atoms with Crippen LogP contribution in [0.3, 0.4) is 0 Å². The van der Waals surface area contributed by atoms with Crippen molar-refractivity contribution in [1.29, 1.82) is 0 Å². The SMILES string of the molecule is Cl.O=S(Cc1cccnc1)CC1CCCN1. The number of hydrogen-bond acceptors (Lipinski definition) is 3. The van der Waals surface area contributed by atoms with E-state index in [1.54, 1.807) is 12.4 Å². The molecular formula is C11H17ClN2OS. The van der Waals surface area contributed by atoms with Gasteiger partial charge >= 0.3 is 0 Å². The van der Waals surface area contributed by atoms with Crippen molar-refractivity contribution in [1.82, 2.24) is 10.3 Å². The molecule has 1 N–H and O–H groups in total. The van der Waals surface area contributed by atoms with E-state index in [-0.39, 0.29) is 12.4 Å². The summed E-state index contributed by atoms with van der Waals surface area (Å²) in [7, 11) is -0.763. The molecule has 0 bridgehead atoms. The number of hydrogen-bond donors (Lipinski definition) is 1. The first kappa shape index (κ1) is 13.6. The van der Waals surface area contributed by atoms with Gasteiger partial charge in [-0.2, -0.15) is 0 Å². The predicted molar refractivity (Wildman–Crippen MR) is 69.2 cm³/mol.